The van der Waals surface area contributed by atoms with Gasteiger partial charge in [0.15, 0.2) is 0 Å². The SMILES string of the molecule is C[C@@H](CO)NC(=O)C1CC=CCC1C(=O)O. The van der Waals surface area contributed by atoms with Crippen LogP contribution in [0.2, 0.25) is 0 Å². The summed E-state index contributed by atoms with van der Waals surface area (Å²) >= 11 is 0. The quantitative estimate of drug-likeness (QED) is 0.597. The molecular formula is C11H17NO4. The highest BCUT2D eigenvalue weighted by Gasteiger charge is 2.34. The fourth-order valence-corrected chi connectivity index (χ4v) is 1.77. The van der Waals surface area contributed by atoms with Crippen LogP contribution in [-0.4, -0.2) is 34.7 Å². The third kappa shape index (κ3) is 3.06. The summed E-state index contributed by atoms with van der Waals surface area (Å²) in [5.74, 6) is -2.42. The van der Waals surface area contributed by atoms with Crippen LogP contribution >= 0.6 is 0 Å². The summed E-state index contributed by atoms with van der Waals surface area (Å²) in [5.41, 5.74) is 0. The molecule has 0 saturated carbocycles. The molecule has 0 aromatic rings. The van der Waals surface area contributed by atoms with Gasteiger partial charge in [0.1, 0.15) is 0 Å². The highest BCUT2D eigenvalue weighted by molar-refractivity contribution is 5.85. The van der Waals surface area contributed by atoms with E-state index >= 15 is 0 Å². The molecule has 1 aliphatic rings. The Bertz CT molecular complexity index is 300. The molecule has 0 aromatic heterocycles. The van der Waals surface area contributed by atoms with E-state index in [4.69, 9.17) is 10.2 Å². The molecule has 90 valence electrons. The highest BCUT2D eigenvalue weighted by atomic mass is 16.4. The molecule has 0 saturated heterocycles. The fourth-order valence-electron chi connectivity index (χ4n) is 1.77. The zero-order valence-electron chi connectivity index (χ0n) is 9.22. The van der Waals surface area contributed by atoms with Gasteiger partial charge in [0.2, 0.25) is 5.91 Å². The number of carbonyl (C=O) groups is 2. The second kappa shape index (κ2) is 5.65. The molecule has 0 radical (unpaired) electrons. The van der Waals surface area contributed by atoms with Gasteiger partial charge >= 0.3 is 5.97 Å². The van der Waals surface area contributed by atoms with Gasteiger partial charge in [0, 0.05) is 6.04 Å². The summed E-state index contributed by atoms with van der Waals surface area (Å²) in [5, 5.41) is 20.4. The molecule has 5 heteroatoms. The van der Waals surface area contributed by atoms with Crippen molar-refractivity contribution < 1.29 is 19.8 Å². The van der Waals surface area contributed by atoms with E-state index in [1.807, 2.05) is 6.08 Å². The Hall–Kier alpha value is -1.36. The van der Waals surface area contributed by atoms with Gasteiger partial charge in [-0.2, -0.15) is 0 Å². The summed E-state index contributed by atoms with van der Waals surface area (Å²) in [7, 11) is 0. The van der Waals surface area contributed by atoms with Crippen molar-refractivity contribution in [1.29, 1.82) is 0 Å². The standard InChI is InChI=1S/C11H17NO4/c1-7(6-13)12-10(14)8-4-2-3-5-9(8)11(15)16/h2-3,7-9,13H,4-6H2,1H3,(H,12,14)(H,15,16)/t7-,8?,9?/m0/s1. The number of carbonyl (C=O) groups excluding carboxylic acids is 1. The first-order valence-corrected chi connectivity index (χ1v) is 5.35. The average Bonchev–Trinajstić information content (AvgIpc) is 2.28. The topological polar surface area (TPSA) is 86.6 Å². The van der Waals surface area contributed by atoms with Crippen LogP contribution in [0.5, 0.6) is 0 Å². The Morgan fingerprint density at radius 1 is 1.38 bits per heavy atom. The Kier molecular flexibility index (Phi) is 4.49. The zero-order valence-corrected chi connectivity index (χ0v) is 9.22. The summed E-state index contributed by atoms with van der Waals surface area (Å²) < 4.78 is 0. The van der Waals surface area contributed by atoms with E-state index in [2.05, 4.69) is 5.32 Å². The molecule has 0 aliphatic heterocycles. The maximum absolute atomic E-state index is 11.8. The minimum Gasteiger partial charge on any atom is -0.481 e. The predicted octanol–water partition coefficient (Wildman–Crippen LogP) is 0.150. The van der Waals surface area contributed by atoms with Gasteiger partial charge in [-0.05, 0) is 19.8 Å². The lowest BCUT2D eigenvalue weighted by Gasteiger charge is -2.25. The average molecular weight is 227 g/mol. The summed E-state index contributed by atoms with van der Waals surface area (Å²) in [4.78, 5) is 22.7. The van der Waals surface area contributed by atoms with Gasteiger partial charge in [-0.3, -0.25) is 9.59 Å². The van der Waals surface area contributed by atoms with Crippen molar-refractivity contribution in [2.45, 2.75) is 25.8 Å². The molecule has 16 heavy (non-hydrogen) atoms. The summed E-state index contributed by atoms with van der Waals surface area (Å²) in [6.45, 7) is 1.53. The van der Waals surface area contributed by atoms with Crippen LogP contribution in [0.4, 0.5) is 0 Å². The monoisotopic (exact) mass is 227 g/mol. The third-order valence-electron chi connectivity index (χ3n) is 2.75. The second-order valence-electron chi connectivity index (χ2n) is 4.09. The van der Waals surface area contributed by atoms with Crippen LogP contribution in [0.3, 0.4) is 0 Å². The first kappa shape index (κ1) is 12.7. The molecule has 1 aliphatic carbocycles. The molecule has 0 heterocycles. The van der Waals surface area contributed by atoms with E-state index in [-0.39, 0.29) is 18.6 Å². The van der Waals surface area contributed by atoms with Crippen molar-refractivity contribution in [1.82, 2.24) is 5.32 Å². The normalized spacial score (nSPS) is 26.1. The van der Waals surface area contributed by atoms with Crippen molar-refractivity contribution in [2.24, 2.45) is 11.8 Å². The van der Waals surface area contributed by atoms with E-state index in [0.717, 1.165) is 0 Å². The van der Waals surface area contributed by atoms with E-state index in [0.29, 0.717) is 12.8 Å². The molecule has 0 spiro atoms. The Labute approximate surface area is 94.2 Å². The number of carboxylic acid groups (broad SMARTS) is 1. The maximum Gasteiger partial charge on any atom is 0.307 e. The Morgan fingerprint density at radius 2 is 1.94 bits per heavy atom. The fraction of sp³-hybridized carbons (Fsp3) is 0.636. The van der Waals surface area contributed by atoms with Crippen LogP contribution in [0, 0.1) is 11.8 Å². The van der Waals surface area contributed by atoms with Crippen LogP contribution in [-0.2, 0) is 9.59 Å². The number of hydrogen-bond acceptors (Lipinski definition) is 3. The lowest BCUT2D eigenvalue weighted by atomic mass is 9.82. The number of hydrogen-bond donors (Lipinski definition) is 3. The van der Waals surface area contributed by atoms with Gasteiger partial charge < -0.3 is 15.5 Å². The lowest BCUT2D eigenvalue weighted by molar-refractivity contribution is -0.147. The highest BCUT2D eigenvalue weighted by Crippen LogP contribution is 2.26. The third-order valence-corrected chi connectivity index (χ3v) is 2.75. The number of aliphatic carboxylic acids is 1. The van der Waals surface area contributed by atoms with E-state index in [1.54, 1.807) is 13.0 Å². The molecule has 1 rings (SSSR count). The van der Waals surface area contributed by atoms with Gasteiger partial charge in [-0.25, -0.2) is 0 Å². The molecule has 5 nitrogen and oxygen atoms in total. The number of amides is 1. The summed E-state index contributed by atoms with van der Waals surface area (Å²) in [6, 6.07) is -0.340. The summed E-state index contributed by atoms with van der Waals surface area (Å²) in [6.07, 6.45) is 4.45. The van der Waals surface area contributed by atoms with Gasteiger partial charge in [-0.15, -0.1) is 0 Å². The molecule has 3 N–H and O–H groups in total. The van der Waals surface area contributed by atoms with Crippen molar-refractivity contribution in [3.8, 4) is 0 Å². The van der Waals surface area contributed by atoms with Crippen molar-refractivity contribution >= 4 is 11.9 Å². The van der Waals surface area contributed by atoms with Crippen molar-refractivity contribution in [2.75, 3.05) is 6.61 Å². The number of aliphatic hydroxyl groups is 1. The number of allylic oxidation sites excluding steroid dienone is 2. The Morgan fingerprint density at radius 3 is 2.44 bits per heavy atom. The number of aliphatic hydroxyl groups excluding tert-OH is 1. The second-order valence-corrected chi connectivity index (χ2v) is 4.09. The van der Waals surface area contributed by atoms with Crippen LogP contribution in [0.15, 0.2) is 12.2 Å². The van der Waals surface area contributed by atoms with Crippen molar-refractivity contribution in [3.05, 3.63) is 12.2 Å². The number of rotatable bonds is 4. The molecule has 0 bridgehead atoms. The van der Waals surface area contributed by atoms with Gasteiger partial charge in [0.05, 0.1) is 18.4 Å². The zero-order chi connectivity index (χ0) is 12.1. The predicted molar refractivity (Wildman–Crippen MR) is 57.7 cm³/mol. The first-order chi connectivity index (χ1) is 7.56. The number of nitrogens with one attached hydrogen (secondary N) is 1. The van der Waals surface area contributed by atoms with Crippen molar-refractivity contribution in [3.63, 3.8) is 0 Å². The van der Waals surface area contributed by atoms with Gasteiger partial charge in [-0.1, -0.05) is 12.2 Å². The minimum absolute atomic E-state index is 0.147. The molecule has 2 unspecified atom stereocenters. The van der Waals surface area contributed by atoms with E-state index in [1.165, 1.54) is 0 Å². The Balaban J connectivity index is 2.65. The van der Waals surface area contributed by atoms with Crippen LogP contribution < -0.4 is 5.32 Å². The first-order valence-electron chi connectivity index (χ1n) is 5.35. The van der Waals surface area contributed by atoms with E-state index in [9.17, 15) is 9.59 Å². The molecule has 1 amide bonds. The maximum atomic E-state index is 11.8. The minimum atomic E-state index is -0.943. The smallest absolute Gasteiger partial charge is 0.307 e. The molecular weight excluding hydrogens is 210 g/mol. The molecule has 0 aromatic carbocycles. The van der Waals surface area contributed by atoms with Crippen LogP contribution in [0.25, 0.3) is 0 Å². The van der Waals surface area contributed by atoms with Crippen LogP contribution in [0.1, 0.15) is 19.8 Å². The molecule has 0 fully saturated rings. The van der Waals surface area contributed by atoms with E-state index < -0.39 is 17.8 Å². The van der Waals surface area contributed by atoms with Gasteiger partial charge in [0.25, 0.3) is 0 Å². The lowest BCUT2D eigenvalue weighted by Crippen LogP contribution is -2.43. The largest absolute Gasteiger partial charge is 0.481 e. The molecule has 3 atom stereocenters. The number of carboxylic acids is 1.